The molecule has 0 saturated heterocycles. The zero-order valence-corrected chi connectivity index (χ0v) is 13.1. The summed E-state index contributed by atoms with van der Waals surface area (Å²) in [6, 6.07) is 6.21. The van der Waals surface area contributed by atoms with Gasteiger partial charge in [0.15, 0.2) is 0 Å². The SMILES string of the molecule is O=[N+]([O-])c1cccc(S(=O)(=O)Nc2cc(C(F)(F)F)ccc2Cl)c1. The molecular weight excluding hydrogens is 373 g/mol. The third-order valence-corrected chi connectivity index (χ3v) is 4.57. The average Bonchev–Trinajstić information content (AvgIpc) is 2.48. The lowest BCUT2D eigenvalue weighted by atomic mass is 10.2. The van der Waals surface area contributed by atoms with Gasteiger partial charge in [-0.25, -0.2) is 8.42 Å². The van der Waals surface area contributed by atoms with E-state index in [0.717, 1.165) is 30.3 Å². The Hall–Kier alpha value is -2.33. The molecular formula is C13H8ClF3N2O4S. The van der Waals surface area contributed by atoms with E-state index >= 15 is 0 Å². The summed E-state index contributed by atoms with van der Waals surface area (Å²) in [6.07, 6.45) is -4.68. The van der Waals surface area contributed by atoms with Crippen LogP contribution in [0.5, 0.6) is 0 Å². The Morgan fingerprint density at radius 1 is 1.12 bits per heavy atom. The minimum absolute atomic E-state index is 0.253. The molecule has 0 saturated carbocycles. The second-order valence-corrected chi connectivity index (χ2v) is 6.64. The van der Waals surface area contributed by atoms with Gasteiger partial charge in [-0.2, -0.15) is 13.2 Å². The maximum atomic E-state index is 12.7. The number of sulfonamides is 1. The van der Waals surface area contributed by atoms with Crippen molar-refractivity contribution in [2.24, 2.45) is 0 Å². The second-order valence-electron chi connectivity index (χ2n) is 4.55. The molecule has 0 aromatic heterocycles. The summed E-state index contributed by atoms with van der Waals surface area (Å²) in [4.78, 5) is 9.42. The molecule has 2 aromatic carbocycles. The monoisotopic (exact) mass is 380 g/mol. The number of nitrogens with one attached hydrogen (secondary N) is 1. The zero-order valence-electron chi connectivity index (χ0n) is 11.5. The number of rotatable bonds is 4. The van der Waals surface area contributed by atoms with Gasteiger partial charge in [0, 0.05) is 12.1 Å². The van der Waals surface area contributed by atoms with Crippen molar-refractivity contribution in [1.82, 2.24) is 0 Å². The van der Waals surface area contributed by atoms with Crippen LogP contribution in [-0.4, -0.2) is 13.3 Å². The molecule has 0 aliphatic carbocycles. The number of hydrogen-bond acceptors (Lipinski definition) is 4. The van der Waals surface area contributed by atoms with Crippen LogP contribution in [0, 0.1) is 10.1 Å². The van der Waals surface area contributed by atoms with Crippen LogP contribution in [0.3, 0.4) is 0 Å². The number of benzene rings is 2. The summed E-state index contributed by atoms with van der Waals surface area (Å²) in [5.41, 5.74) is -2.06. The zero-order chi connectivity index (χ0) is 18.1. The molecule has 24 heavy (non-hydrogen) atoms. The molecule has 6 nitrogen and oxygen atoms in total. The third kappa shape index (κ3) is 3.95. The first-order valence-corrected chi connectivity index (χ1v) is 8.01. The number of nitrogens with zero attached hydrogens (tertiary/aromatic N) is 1. The Kier molecular flexibility index (Phi) is 4.72. The topological polar surface area (TPSA) is 89.3 Å². The van der Waals surface area contributed by atoms with Crippen LogP contribution in [0.1, 0.15) is 5.56 Å². The van der Waals surface area contributed by atoms with Gasteiger partial charge in [0.2, 0.25) is 0 Å². The summed E-state index contributed by atoms with van der Waals surface area (Å²) < 4.78 is 64.4. The Bertz CT molecular complexity index is 900. The summed E-state index contributed by atoms with van der Waals surface area (Å²) in [5, 5.41) is 10.4. The van der Waals surface area contributed by atoms with Gasteiger partial charge in [-0.1, -0.05) is 17.7 Å². The summed E-state index contributed by atoms with van der Waals surface area (Å²) in [6.45, 7) is 0. The van der Waals surface area contributed by atoms with E-state index in [1.54, 1.807) is 0 Å². The number of halogens is 4. The highest BCUT2D eigenvalue weighted by Crippen LogP contribution is 2.34. The maximum Gasteiger partial charge on any atom is 0.416 e. The Morgan fingerprint density at radius 2 is 1.79 bits per heavy atom. The van der Waals surface area contributed by atoms with Crippen molar-refractivity contribution in [3.8, 4) is 0 Å². The molecule has 0 unspecified atom stereocenters. The van der Waals surface area contributed by atoms with Crippen molar-refractivity contribution in [2.75, 3.05) is 4.72 Å². The van der Waals surface area contributed by atoms with Crippen molar-refractivity contribution in [1.29, 1.82) is 0 Å². The molecule has 0 aliphatic rings. The molecule has 0 aliphatic heterocycles. The molecule has 0 heterocycles. The Labute approximate surface area is 139 Å². The lowest BCUT2D eigenvalue weighted by Gasteiger charge is -2.12. The van der Waals surface area contributed by atoms with Crippen molar-refractivity contribution < 1.29 is 26.5 Å². The molecule has 0 bridgehead atoms. The number of non-ortho nitro benzene ring substituents is 1. The number of hydrogen-bond donors (Lipinski definition) is 1. The van der Waals surface area contributed by atoms with Crippen LogP contribution in [0.2, 0.25) is 5.02 Å². The standard InChI is InChI=1S/C13H8ClF3N2O4S/c14-11-5-4-8(13(15,16)17)6-12(11)18-24(22,23)10-3-1-2-9(7-10)19(20)21/h1-7,18H. The van der Waals surface area contributed by atoms with Crippen LogP contribution in [0.15, 0.2) is 47.4 Å². The van der Waals surface area contributed by atoms with Gasteiger partial charge in [0.1, 0.15) is 0 Å². The Morgan fingerprint density at radius 3 is 2.38 bits per heavy atom. The fourth-order valence-electron chi connectivity index (χ4n) is 1.75. The van der Waals surface area contributed by atoms with Gasteiger partial charge >= 0.3 is 6.18 Å². The number of anilines is 1. The summed E-state index contributed by atoms with van der Waals surface area (Å²) >= 11 is 5.72. The molecule has 0 fully saturated rings. The largest absolute Gasteiger partial charge is 0.416 e. The highest BCUT2D eigenvalue weighted by atomic mass is 35.5. The first-order valence-electron chi connectivity index (χ1n) is 6.15. The summed E-state index contributed by atoms with van der Waals surface area (Å²) in [5.74, 6) is 0. The van der Waals surface area contributed by atoms with E-state index in [0.29, 0.717) is 12.1 Å². The fraction of sp³-hybridized carbons (Fsp3) is 0.0769. The molecule has 0 atom stereocenters. The van der Waals surface area contributed by atoms with Crippen LogP contribution >= 0.6 is 11.6 Å². The summed E-state index contributed by atoms with van der Waals surface area (Å²) in [7, 11) is -4.36. The van der Waals surface area contributed by atoms with Crippen LogP contribution < -0.4 is 4.72 Å². The average molecular weight is 381 g/mol. The minimum atomic E-state index is -4.68. The first kappa shape index (κ1) is 18.0. The smallest absolute Gasteiger partial charge is 0.278 e. The van der Waals surface area contributed by atoms with E-state index < -0.39 is 43.0 Å². The number of nitro groups is 1. The van der Waals surface area contributed by atoms with Gasteiger partial charge in [0.05, 0.1) is 26.1 Å². The molecule has 1 N–H and O–H groups in total. The van der Waals surface area contributed by atoms with E-state index in [4.69, 9.17) is 11.6 Å². The molecule has 0 spiro atoms. The highest BCUT2D eigenvalue weighted by molar-refractivity contribution is 7.92. The van der Waals surface area contributed by atoms with E-state index in [9.17, 15) is 31.7 Å². The lowest BCUT2D eigenvalue weighted by molar-refractivity contribution is -0.385. The lowest BCUT2D eigenvalue weighted by Crippen LogP contribution is -2.14. The molecule has 0 radical (unpaired) electrons. The van der Waals surface area contributed by atoms with Gasteiger partial charge in [-0.15, -0.1) is 0 Å². The van der Waals surface area contributed by atoms with Crippen molar-refractivity contribution in [2.45, 2.75) is 11.1 Å². The van der Waals surface area contributed by atoms with Gasteiger partial charge in [0.25, 0.3) is 15.7 Å². The molecule has 128 valence electrons. The normalized spacial score (nSPS) is 12.0. The quantitative estimate of drug-likeness (QED) is 0.639. The van der Waals surface area contributed by atoms with Crippen molar-refractivity contribution in [3.63, 3.8) is 0 Å². The van der Waals surface area contributed by atoms with Crippen LogP contribution in [0.25, 0.3) is 0 Å². The third-order valence-electron chi connectivity index (χ3n) is 2.88. The van der Waals surface area contributed by atoms with E-state index in [1.165, 1.54) is 0 Å². The van der Waals surface area contributed by atoms with Crippen molar-refractivity contribution in [3.05, 3.63) is 63.2 Å². The van der Waals surface area contributed by atoms with Gasteiger partial charge in [-0.3, -0.25) is 14.8 Å². The predicted molar refractivity (Wildman–Crippen MR) is 80.4 cm³/mol. The Balaban J connectivity index is 2.43. The van der Waals surface area contributed by atoms with Gasteiger partial charge < -0.3 is 0 Å². The molecule has 0 amide bonds. The van der Waals surface area contributed by atoms with E-state index in [-0.39, 0.29) is 5.02 Å². The molecule has 2 rings (SSSR count). The first-order chi connectivity index (χ1) is 11.0. The molecule has 2 aromatic rings. The number of nitro benzene ring substituents is 1. The maximum absolute atomic E-state index is 12.7. The fourth-order valence-corrected chi connectivity index (χ4v) is 3.08. The predicted octanol–water partition coefficient (Wildman–Crippen LogP) is 4.07. The van der Waals surface area contributed by atoms with E-state index in [1.807, 2.05) is 4.72 Å². The molecule has 11 heteroatoms. The number of alkyl halides is 3. The van der Waals surface area contributed by atoms with Crippen LogP contribution in [0.4, 0.5) is 24.5 Å². The van der Waals surface area contributed by atoms with E-state index in [2.05, 4.69) is 0 Å². The minimum Gasteiger partial charge on any atom is -0.278 e. The van der Waals surface area contributed by atoms with Crippen molar-refractivity contribution >= 4 is 33.0 Å². The van der Waals surface area contributed by atoms with Gasteiger partial charge in [-0.05, 0) is 24.3 Å². The second kappa shape index (κ2) is 6.29. The highest BCUT2D eigenvalue weighted by Gasteiger charge is 2.31. The van der Waals surface area contributed by atoms with Crippen LogP contribution in [-0.2, 0) is 16.2 Å².